The zero-order valence-corrected chi connectivity index (χ0v) is 10.5. The first-order chi connectivity index (χ1) is 8.86. The van der Waals surface area contributed by atoms with Crippen molar-refractivity contribution in [2.45, 2.75) is 22.2 Å². The topological polar surface area (TPSA) is 83.6 Å². The maximum absolute atomic E-state index is 12.6. The van der Waals surface area contributed by atoms with Gasteiger partial charge in [0.2, 0.25) is 0 Å². The molecule has 0 aliphatic rings. The standard InChI is InChI=1S/C7H3F6NO4S2/c8-6(9,10)5(15,7(11,12)13)2-1-3(20-18)19-4(2)14(16)17/h1,15,18H. The van der Waals surface area contributed by atoms with Crippen molar-refractivity contribution in [3.05, 3.63) is 21.7 Å². The highest BCUT2D eigenvalue weighted by molar-refractivity contribution is 7.95. The van der Waals surface area contributed by atoms with Gasteiger partial charge in [-0.3, -0.25) is 10.1 Å². The highest BCUT2D eigenvalue weighted by atomic mass is 32.2. The highest BCUT2D eigenvalue weighted by Gasteiger charge is 2.73. The summed E-state index contributed by atoms with van der Waals surface area (Å²) in [6, 6.07) is 0.0778. The number of hydrogen-bond donors (Lipinski definition) is 2. The summed E-state index contributed by atoms with van der Waals surface area (Å²) in [7, 11) is 0. The van der Waals surface area contributed by atoms with Crippen molar-refractivity contribution < 1.29 is 40.9 Å². The minimum Gasteiger partial charge on any atom is -0.369 e. The van der Waals surface area contributed by atoms with E-state index in [9.17, 15) is 36.5 Å². The molecule has 0 saturated carbocycles. The van der Waals surface area contributed by atoms with Gasteiger partial charge in [-0.15, -0.1) is 0 Å². The van der Waals surface area contributed by atoms with Crippen molar-refractivity contribution in [2.75, 3.05) is 0 Å². The molecular formula is C7H3F6NO4S2. The molecule has 0 amide bonds. The fraction of sp³-hybridized carbons (Fsp3) is 0.429. The van der Waals surface area contributed by atoms with Crippen LogP contribution in [0.3, 0.4) is 0 Å². The van der Waals surface area contributed by atoms with Crippen molar-refractivity contribution in [1.29, 1.82) is 0 Å². The van der Waals surface area contributed by atoms with Gasteiger partial charge < -0.3 is 9.66 Å². The maximum atomic E-state index is 12.6. The van der Waals surface area contributed by atoms with Crippen LogP contribution in [0, 0.1) is 10.1 Å². The molecule has 0 unspecified atom stereocenters. The number of nitrogens with zero attached hydrogens (tertiary/aromatic N) is 1. The molecule has 114 valence electrons. The van der Waals surface area contributed by atoms with Gasteiger partial charge in [0.25, 0.3) is 5.60 Å². The lowest BCUT2D eigenvalue weighted by molar-refractivity contribution is -0.398. The van der Waals surface area contributed by atoms with E-state index in [4.69, 9.17) is 9.66 Å². The van der Waals surface area contributed by atoms with Crippen molar-refractivity contribution in [3.8, 4) is 0 Å². The third-order valence-corrected chi connectivity index (χ3v) is 3.81. The van der Waals surface area contributed by atoms with Crippen LogP contribution < -0.4 is 0 Å². The molecule has 0 aromatic carbocycles. The first-order valence-corrected chi connectivity index (χ1v) is 5.91. The van der Waals surface area contributed by atoms with E-state index in [1.807, 2.05) is 0 Å². The Kier molecular flexibility index (Phi) is 4.29. The van der Waals surface area contributed by atoms with Crippen molar-refractivity contribution in [2.24, 2.45) is 0 Å². The monoisotopic (exact) mass is 343 g/mol. The van der Waals surface area contributed by atoms with E-state index < -0.39 is 37.7 Å². The number of rotatable bonds is 3. The quantitative estimate of drug-likeness (QED) is 0.380. The summed E-state index contributed by atoms with van der Waals surface area (Å²) >= 11 is -0.393. The van der Waals surface area contributed by atoms with Crippen molar-refractivity contribution in [3.63, 3.8) is 0 Å². The van der Waals surface area contributed by atoms with Crippen molar-refractivity contribution >= 4 is 28.4 Å². The molecular weight excluding hydrogens is 340 g/mol. The lowest BCUT2D eigenvalue weighted by atomic mass is 9.94. The second kappa shape index (κ2) is 5.05. The van der Waals surface area contributed by atoms with Gasteiger partial charge in [-0.1, -0.05) is 11.3 Å². The Morgan fingerprint density at radius 1 is 1.20 bits per heavy atom. The molecule has 0 saturated heterocycles. The molecule has 0 atom stereocenters. The van der Waals surface area contributed by atoms with Crippen LogP contribution in [0.15, 0.2) is 10.3 Å². The maximum Gasteiger partial charge on any atom is 0.430 e. The number of aliphatic hydroxyl groups is 1. The molecule has 0 aliphatic carbocycles. The summed E-state index contributed by atoms with van der Waals surface area (Å²) in [5.41, 5.74) is -7.38. The predicted molar refractivity (Wildman–Crippen MR) is 55.5 cm³/mol. The van der Waals surface area contributed by atoms with Crippen LogP contribution in [0.5, 0.6) is 0 Å². The molecule has 0 bridgehead atoms. The molecule has 1 aromatic rings. The molecule has 0 aliphatic heterocycles. The van der Waals surface area contributed by atoms with Crippen LogP contribution in [-0.4, -0.2) is 26.9 Å². The Morgan fingerprint density at radius 3 is 1.95 bits per heavy atom. The smallest absolute Gasteiger partial charge is 0.369 e. The van der Waals surface area contributed by atoms with E-state index in [0.717, 1.165) is 0 Å². The van der Waals surface area contributed by atoms with Gasteiger partial charge in [-0.25, -0.2) is 0 Å². The highest BCUT2D eigenvalue weighted by Crippen LogP contribution is 2.54. The summed E-state index contributed by atoms with van der Waals surface area (Å²) in [5, 5.41) is 18.0. The summed E-state index contributed by atoms with van der Waals surface area (Å²) in [5.74, 6) is 0. The Labute approximate surface area is 114 Å². The van der Waals surface area contributed by atoms with Crippen LogP contribution in [0.2, 0.25) is 0 Å². The third-order valence-electron chi connectivity index (χ3n) is 2.16. The minimum atomic E-state index is -6.23. The van der Waals surface area contributed by atoms with E-state index in [2.05, 4.69) is 0 Å². The molecule has 0 spiro atoms. The molecule has 5 nitrogen and oxygen atoms in total. The van der Waals surface area contributed by atoms with E-state index in [-0.39, 0.29) is 29.4 Å². The van der Waals surface area contributed by atoms with Gasteiger partial charge in [-0.05, 0) is 6.07 Å². The molecule has 13 heteroatoms. The van der Waals surface area contributed by atoms with E-state index in [1.54, 1.807) is 0 Å². The largest absolute Gasteiger partial charge is 0.430 e. The van der Waals surface area contributed by atoms with Crippen molar-refractivity contribution in [1.82, 2.24) is 0 Å². The Morgan fingerprint density at radius 2 is 1.65 bits per heavy atom. The number of thiophene rings is 1. The lowest BCUT2D eigenvalue weighted by Crippen LogP contribution is -2.53. The Hall–Kier alpha value is -1.05. The summed E-state index contributed by atoms with van der Waals surface area (Å²) in [6.07, 6.45) is -12.5. The summed E-state index contributed by atoms with van der Waals surface area (Å²) in [4.78, 5) is 9.03. The first kappa shape index (κ1) is 17.0. The minimum absolute atomic E-state index is 0.0778. The van der Waals surface area contributed by atoms with E-state index in [0.29, 0.717) is 0 Å². The van der Waals surface area contributed by atoms with Gasteiger partial charge in [0, 0.05) is 12.0 Å². The SMILES string of the molecule is O=[N+]([O-])c1sc(SO)cc1C(O)(C(F)(F)F)C(F)(F)F. The van der Waals surface area contributed by atoms with E-state index >= 15 is 0 Å². The van der Waals surface area contributed by atoms with Crippen LogP contribution in [0.1, 0.15) is 5.56 Å². The molecule has 20 heavy (non-hydrogen) atoms. The van der Waals surface area contributed by atoms with Gasteiger partial charge in [0.15, 0.2) is 0 Å². The Balaban J connectivity index is 3.67. The molecule has 1 aromatic heterocycles. The summed E-state index contributed by atoms with van der Waals surface area (Å²) in [6.45, 7) is 0. The molecule has 1 heterocycles. The average Bonchev–Trinajstić information content (AvgIpc) is 2.68. The molecule has 0 fully saturated rings. The fourth-order valence-corrected chi connectivity index (χ4v) is 2.58. The first-order valence-electron chi connectivity index (χ1n) is 4.32. The lowest BCUT2D eigenvalue weighted by Gasteiger charge is -2.31. The molecule has 0 radical (unpaired) electrons. The number of hydrogen-bond acceptors (Lipinski definition) is 6. The molecule has 1 rings (SSSR count). The second-order valence-electron chi connectivity index (χ2n) is 3.34. The van der Waals surface area contributed by atoms with Crippen LogP contribution in [0.25, 0.3) is 0 Å². The van der Waals surface area contributed by atoms with Gasteiger partial charge in [0.1, 0.15) is 0 Å². The fourth-order valence-electron chi connectivity index (χ4n) is 1.27. The zero-order chi connectivity index (χ0) is 15.9. The zero-order valence-electron chi connectivity index (χ0n) is 8.82. The average molecular weight is 343 g/mol. The van der Waals surface area contributed by atoms with Crippen LogP contribution >= 0.6 is 23.4 Å². The van der Waals surface area contributed by atoms with Gasteiger partial charge >= 0.3 is 17.4 Å². The van der Waals surface area contributed by atoms with Gasteiger partial charge in [-0.2, -0.15) is 26.3 Å². The number of nitro groups is 1. The van der Waals surface area contributed by atoms with Crippen LogP contribution in [-0.2, 0) is 5.60 Å². The number of alkyl halides is 6. The summed E-state index contributed by atoms with van der Waals surface area (Å²) < 4.78 is 83.5. The Bertz CT molecular complexity index is 510. The predicted octanol–water partition coefficient (Wildman–Crippen LogP) is 3.53. The van der Waals surface area contributed by atoms with E-state index in [1.165, 1.54) is 0 Å². The van der Waals surface area contributed by atoms with Gasteiger partial charge in [0.05, 0.1) is 14.7 Å². The molecule has 2 N–H and O–H groups in total. The third kappa shape index (κ3) is 2.57. The van der Waals surface area contributed by atoms with Crippen LogP contribution in [0.4, 0.5) is 31.3 Å². The normalized spacial score (nSPS) is 13.6. The number of halogens is 6. The second-order valence-corrected chi connectivity index (χ2v) is 5.25.